The number of carbonyl (C=O) groups excluding carboxylic acids is 1. The van der Waals surface area contributed by atoms with Gasteiger partial charge in [0.05, 0.1) is 11.5 Å². The highest BCUT2D eigenvalue weighted by Crippen LogP contribution is 2.12. The SMILES string of the molecule is CC(C)Cc1ccc([N+](=O)[O-])c(=O)n1CC(=O)c1ccccc1. The van der Waals surface area contributed by atoms with Crippen LogP contribution in [0.1, 0.15) is 29.9 Å². The van der Waals surface area contributed by atoms with E-state index in [4.69, 9.17) is 0 Å². The maximum absolute atomic E-state index is 12.4. The Hall–Kier alpha value is -2.76. The van der Waals surface area contributed by atoms with Crippen molar-refractivity contribution in [3.63, 3.8) is 0 Å². The minimum atomic E-state index is -0.738. The van der Waals surface area contributed by atoms with E-state index in [2.05, 4.69) is 0 Å². The van der Waals surface area contributed by atoms with Crippen LogP contribution in [-0.4, -0.2) is 15.3 Å². The fourth-order valence-electron chi connectivity index (χ4n) is 2.37. The van der Waals surface area contributed by atoms with Crippen LogP contribution in [0.15, 0.2) is 47.3 Å². The summed E-state index contributed by atoms with van der Waals surface area (Å²) in [6, 6.07) is 11.3. The number of nitrogens with zero attached hydrogens (tertiary/aromatic N) is 2. The van der Waals surface area contributed by atoms with Crippen molar-refractivity contribution >= 4 is 11.5 Å². The quantitative estimate of drug-likeness (QED) is 0.466. The first-order chi connectivity index (χ1) is 10.9. The monoisotopic (exact) mass is 314 g/mol. The van der Waals surface area contributed by atoms with Gasteiger partial charge in [0.15, 0.2) is 5.78 Å². The normalized spacial score (nSPS) is 10.7. The number of rotatable bonds is 6. The molecule has 6 nitrogen and oxygen atoms in total. The van der Waals surface area contributed by atoms with E-state index in [-0.39, 0.29) is 18.2 Å². The summed E-state index contributed by atoms with van der Waals surface area (Å²) in [4.78, 5) is 35.0. The Morgan fingerprint density at radius 2 is 1.83 bits per heavy atom. The van der Waals surface area contributed by atoms with Crippen LogP contribution in [0.2, 0.25) is 0 Å². The van der Waals surface area contributed by atoms with Crippen molar-refractivity contribution in [1.82, 2.24) is 4.57 Å². The molecule has 0 fully saturated rings. The van der Waals surface area contributed by atoms with E-state index in [0.717, 1.165) is 0 Å². The summed E-state index contributed by atoms with van der Waals surface area (Å²) >= 11 is 0. The summed E-state index contributed by atoms with van der Waals surface area (Å²) < 4.78 is 1.22. The zero-order chi connectivity index (χ0) is 17.0. The predicted octanol–water partition coefficient (Wildman–Crippen LogP) is 2.84. The van der Waals surface area contributed by atoms with Crippen LogP contribution in [0.4, 0.5) is 5.69 Å². The predicted molar refractivity (Wildman–Crippen MR) is 86.7 cm³/mol. The van der Waals surface area contributed by atoms with E-state index in [1.165, 1.54) is 10.6 Å². The van der Waals surface area contributed by atoms with Crippen molar-refractivity contribution in [2.45, 2.75) is 26.8 Å². The summed E-state index contributed by atoms with van der Waals surface area (Å²) in [5.74, 6) is 0.00661. The van der Waals surface area contributed by atoms with Crippen LogP contribution in [0.25, 0.3) is 0 Å². The van der Waals surface area contributed by atoms with Gasteiger partial charge < -0.3 is 0 Å². The molecule has 1 aromatic heterocycles. The molecule has 2 rings (SSSR count). The molecule has 0 spiro atoms. The minimum absolute atomic E-state index is 0.202. The lowest BCUT2D eigenvalue weighted by Gasteiger charge is -2.13. The lowest BCUT2D eigenvalue weighted by Crippen LogP contribution is -2.29. The van der Waals surface area contributed by atoms with Crippen molar-refractivity contribution in [3.8, 4) is 0 Å². The fraction of sp³-hybridized carbons (Fsp3) is 0.294. The van der Waals surface area contributed by atoms with E-state index in [9.17, 15) is 19.7 Å². The third-order valence-corrected chi connectivity index (χ3v) is 3.46. The van der Waals surface area contributed by atoms with Gasteiger partial charge in [0, 0.05) is 17.3 Å². The molecule has 0 amide bonds. The van der Waals surface area contributed by atoms with Gasteiger partial charge in [-0.05, 0) is 18.4 Å². The zero-order valence-corrected chi connectivity index (χ0v) is 13.1. The van der Waals surface area contributed by atoms with E-state index in [1.54, 1.807) is 36.4 Å². The molecule has 0 atom stereocenters. The number of pyridine rings is 1. The molecule has 0 N–H and O–H groups in total. The van der Waals surface area contributed by atoms with Crippen molar-refractivity contribution in [1.29, 1.82) is 0 Å². The number of aromatic nitrogens is 1. The summed E-state index contributed by atoms with van der Waals surface area (Å²) in [6.07, 6.45) is 0.565. The van der Waals surface area contributed by atoms with Crippen molar-refractivity contribution in [2.24, 2.45) is 5.92 Å². The molecule has 1 heterocycles. The number of carbonyl (C=O) groups is 1. The number of hydrogen-bond acceptors (Lipinski definition) is 4. The molecule has 0 saturated carbocycles. The average Bonchev–Trinajstić information content (AvgIpc) is 2.50. The second-order valence-electron chi connectivity index (χ2n) is 5.75. The zero-order valence-electron chi connectivity index (χ0n) is 13.1. The largest absolute Gasteiger partial charge is 0.334 e. The van der Waals surface area contributed by atoms with E-state index in [1.807, 2.05) is 13.8 Å². The molecule has 0 unspecified atom stereocenters. The van der Waals surface area contributed by atoms with Gasteiger partial charge in [-0.25, -0.2) is 0 Å². The van der Waals surface area contributed by atoms with Crippen molar-refractivity contribution < 1.29 is 9.72 Å². The van der Waals surface area contributed by atoms with E-state index in [0.29, 0.717) is 17.7 Å². The lowest BCUT2D eigenvalue weighted by atomic mass is 10.1. The molecule has 1 aromatic carbocycles. The number of Topliss-reactive ketones (excluding diaryl/α,β-unsaturated/α-hetero) is 1. The Morgan fingerprint density at radius 3 is 2.39 bits per heavy atom. The Kier molecular flexibility index (Phi) is 5.05. The third kappa shape index (κ3) is 3.91. The van der Waals surface area contributed by atoms with Gasteiger partial charge in [0.2, 0.25) is 0 Å². The summed E-state index contributed by atoms with van der Waals surface area (Å²) in [5, 5.41) is 11.0. The molecule has 0 bridgehead atoms. The summed E-state index contributed by atoms with van der Waals surface area (Å²) in [5.41, 5.74) is -0.155. The molecule has 120 valence electrons. The first-order valence-electron chi connectivity index (χ1n) is 7.35. The molecule has 0 aliphatic heterocycles. The third-order valence-electron chi connectivity index (χ3n) is 3.46. The number of hydrogen-bond donors (Lipinski definition) is 0. The topological polar surface area (TPSA) is 82.2 Å². The van der Waals surface area contributed by atoms with Crippen LogP contribution < -0.4 is 5.56 Å². The van der Waals surface area contributed by atoms with Crippen LogP contribution in [-0.2, 0) is 13.0 Å². The number of nitro groups is 1. The Balaban J connectivity index is 2.45. The highest BCUT2D eigenvalue weighted by Gasteiger charge is 2.19. The van der Waals surface area contributed by atoms with Crippen LogP contribution in [0.5, 0.6) is 0 Å². The van der Waals surface area contributed by atoms with Crippen LogP contribution in [0, 0.1) is 16.0 Å². The summed E-state index contributed by atoms with van der Waals surface area (Å²) in [6.45, 7) is 3.76. The molecule has 0 aliphatic carbocycles. The highest BCUT2D eigenvalue weighted by molar-refractivity contribution is 5.95. The molecular formula is C17H18N2O4. The van der Waals surface area contributed by atoms with E-state index >= 15 is 0 Å². The van der Waals surface area contributed by atoms with Gasteiger partial charge >= 0.3 is 11.2 Å². The van der Waals surface area contributed by atoms with Gasteiger partial charge in [-0.3, -0.25) is 24.3 Å². The van der Waals surface area contributed by atoms with Gasteiger partial charge in [-0.1, -0.05) is 44.2 Å². The maximum atomic E-state index is 12.4. The second-order valence-corrected chi connectivity index (χ2v) is 5.75. The molecular weight excluding hydrogens is 296 g/mol. The van der Waals surface area contributed by atoms with Crippen LogP contribution in [0.3, 0.4) is 0 Å². The van der Waals surface area contributed by atoms with Crippen molar-refractivity contribution in [3.05, 3.63) is 74.2 Å². The Bertz CT molecular complexity index is 779. The van der Waals surface area contributed by atoms with E-state index < -0.39 is 16.2 Å². The average molecular weight is 314 g/mol. The number of ketones is 1. The molecule has 0 saturated heterocycles. The molecule has 6 heteroatoms. The maximum Gasteiger partial charge on any atom is 0.334 e. The van der Waals surface area contributed by atoms with Crippen LogP contribution >= 0.6 is 0 Å². The van der Waals surface area contributed by atoms with Gasteiger partial charge in [0.25, 0.3) is 0 Å². The molecule has 2 aromatic rings. The molecule has 0 aliphatic rings. The smallest absolute Gasteiger partial charge is 0.299 e. The van der Waals surface area contributed by atoms with Crippen molar-refractivity contribution in [2.75, 3.05) is 0 Å². The Morgan fingerprint density at radius 1 is 1.17 bits per heavy atom. The Labute approximate surface area is 133 Å². The first kappa shape index (κ1) is 16.6. The van der Waals surface area contributed by atoms with Gasteiger partial charge in [0.1, 0.15) is 0 Å². The highest BCUT2D eigenvalue weighted by atomic mass is 16.6. The standard InChI is InChI=1S/C17H18N2O4/c1-12(2)10-14-8-9-15(19(22)23)17(21)18(14)11-16(20)13-6-4-3-5-7-13/h3-9,12H,10-11H2,1-2H3. The van der Waals surface area contributed by atoms with Gasteiger partial charge in [-0.15, -0.1) is 0 Å². The molecule has 0 radical (unpaired) electrons. The molecule has 23 heavy (non-hydrogen) atoms. The summed E-state index contributed by atoms with van der Waals surface area (Å²) in [7, 11) is 0. The lowest BCUT2D eigenvalue weighted by molar-refractivity contribution is -0.386. The number of benzene rings is 1. The fourth-order valence-corrected chi connectivity index (χ4v) is 2.37. The minimum Gasteiger partial charge on any atom is -0.299 e. The first-order valence-corrected chi connectivity index (χ1v) is 7.35. The van der Waals surface area contributed by atoms with Gasteiger partial charge in [-0.2, -0.15) is 0 Å². The second kappa shape index (κ2) is 7.00.